The summed E-state index contributed by atoms with van der Waals surface area (Å²) in [4.78, 5) is 56.2. The van der Waals surface area contributed by atoms with Crippen LogP contribution in [-0.2, 0) is 25.6 Å². The van der Waals surface area contributed by atoms with Crippen molar-refractivity contribution in [2.24, 2.45) is 22.2 Å². The van der Waals surface area contributed by atoms with Crippen LogP contribution in [-0.4, -0.2) is 76.2 Å². The fourth-order valence-electron chi connectivity index (χ4n) is 3.54. The molecule has 11 N–H and O–H groups in total. The molecule has 0 saturated carbocycles. The summed E-state index contributed by atoms with van der Waals surface area (Å²) in [6.45, 7) is 1.65. The van der Waals surface area contributed by atoms with Crippen molar-refractivity contribution in [3.05, 3.63) is 36.0 Å². The SMILES string of the molecule is CC(NC(=O)C(N)Cc1c[nH]c2ccccc12)C(=O)NC(CS)C(=O)NC(CCCN=C(N)N)C(=O)O. The molecule has 0 aliphatic heterocycles. The van der Waals surface area contributed by atoms with Crippen LogP contribution in [0.1, 0.15) is 25.3 Å². The van der Waals surface area contributed by atoms with Crippen LogP contribution >= 0.6 is 12.6 Å². The summed E-state index contributed by atoms with van der Waals surface area (Å²) in [5.41, 5.74) is 18.3. The van der Waals surface area contributed by atoms with Crippen molar-refractivity contribution >= 4 is 53.2 Å². The first-order chi connectivity index (χ1) is 17.5. The molecule has 4 atom stereocenters. The minimum Gasteiger partial charge on any atom is -0.480 e. The zero-order valence-electron chi connectivity index (χ0n) is 20.4. The van der Waals surface area contributed by atoms with E-state index in [4.69, 9.17) is 17.2 Å². The third-order valence-corrected chi connectivity index (χ3v) is 5.94. The molecule has 0 saturated heterocycles. The Morgan fingerprint density at radius 2 is 1.73 bits per heavy atom. The Morgan fingerprint density at radius 1 is 1.05 bits per heavy atom. The molecule has 4 unspecified atom stereocenters. The van der Waals surface area contributed by atoms with Crippen molar-refractivity contribution in [1.29, 1.82) is 0 Å². The number of amides is 3. The highest BCUT2D eigenvalue weighted by Gasteiger charge is 2.28. The quantitative estimate of drug-likeness (QED) is 0.0602. The summed E-state index contributed by atoms with van der Waals surface area (Å²) in [6, 6.07) is 3.36. The molecule has 1 heterocycles. The van der Waals surface area contributed by atoms with Gasteiger partial charge in [-0.2, -0.15) is 12.6 Å². The van der Waals surface area contributed by atoms with E-state index >= 15 is 0 Å². The first-order valence-electron chi connectivity index (χ1n) is 11.6. The topological polar surface area (TPSA) is 231 Å². The Bertz CT molecular complexity index is 1130. The number of para-hydroxylation sites is 1. The highest BCUT2D eigenvalue weighted by atomic mass is 32.1. The Labute approximate surface area is 219 Å². The smallest absolute Gasteiger partial charge is 0.326 e. The van der Waals surface area contributed by atoms with E-state index in [2.05, 4.69) is 38.6 Å². The minimum absolute atomic E-state index is 0.0753. The van der Waals surface area contributed by atoms with Gasteiger partial charge in [-0.05, 0) is 37.8 Å². The number of aliphatic carboxylic acids is 1. The largest absolute Gasteiger partial charge is 0.480 e. The monoisotopic (exact) mass is 534 g/mol. The van der Waals surface area contributed by atoms with E-state index in [-0.39, 0.29) is 31.1 Å². The van der Waals surface area contributed by atoms with Crippen molar-refractivity contribution in [3.63, 3.8) is 0 Å². The molecule has 0 radical (unpaired) electrons. The molecule has 1 aromatic heterocycles. The van der Waals surface area contributed by atoms with Crippen LogP contribution in [0.15, 0.2) is 35.5 Å². The number of carboxylic acids is 1. The van der Waals surface area contributed by atoms with Gasteiger partial charge >= 0.3 is 5.97 Å². The first kappa shape index (κ1) is 29.5. The average Bonchev–Trinajstić information content (AvgIpc) is 3.26. The number of carbonyl (C=O) groups excluding carboxylic acids is 3. The summed E-state index contributed by atoms with van der Waals surface area (Å²) in [7, 11) is 0. The van der Waals surface area contributed by atoms with E-state index in [1.54, 1.807) is 6.20 Å². The normalized spacial score (nSPS) is 14.1. The number of guanidine groups is 1. The lowest BCUT2D eigenvalue weighted by molar-refractivity contribution is -0.142. The van der Waals surface area contributed by atoms with Gasteiger partial charge in [-0.25, -0.2) is 4.79 Å². The number of hydrogen-bond acceptors (Lipinski definition) is 7. The summed E-state index contributed by atoms with van der Waals surface area (Å²) >= 11 is 4.08. The number of rotatable bonds is 14. The second kappa shape index (κ2) is 14.1. The number of H-pyrrole nitrogens is 1. The van der Waals surface area contributed by atoms with Crippen molar-refractivity contribution in [1.82, 2.24) is 20.9 Å². The van der Waals surface area contributed by atoms with Crippen LogP contribution in [0.4, 0.5) is 0 Å². The molecule has 0 aliphatic rings. The van der Waals surface area contributed by atoms with Crippen molar-refractivity contribution in [2.75, 3.05) is 12.3 Å². The molecule has 0 spiro atoms. The van der Waals surface area contributed by atoms with Crippen LogP contribution in [0.5, 0.6) is 0 Å². The number of aromatic nitrogens is 1. The number of thiol groups is 1. The summed E-state index contributed by atoms with van der Waals surface area (Å²) in [5, 5.41) is 17.7. The number of hydrogen-bond donors (Lipinski definition) is 9. The van der Waals surface area contributed by atoms with Crippen LogP contribution in [0.3, 0.4) is 0 Å². The number of nitrogens with two attached hydrogens (primary N) is 3. The molecule has 2 rings (SSSR count). The number of benzene rings is 1. The van der Waals surface area contributed by atoms with E-state index < -0.39 is 47.9 Å². The van der Waals surface area contributed by atoms with E-state index in [0.29, 0.717) is 6.42 Å². The van der Waals surface area contributed by atoms with Gasteiger partial charge in [0, 0.05) is 29.4 Å². The second-order valence-electron chi connectivity index (χ2n) is 8.49. The number of carbonyl (C=O) groups is 4. The molecule has 0 fully saturated rings. The fraction of sp³-hybridized carbons (Fsp3) is 0.435. The minimum atomic E-state index is -1.24. The second-order valence-corrected chi connectivity index (χ2v) is 8.86. The maximum atomic E-state index is 12.6. The van der Waals surface area contributed by atoms with Crippen LogP contribution in [0.25, 0.3) is 10.9 Å². The number of aliphatic imine (C=N–C) groups is 1. The van der Waals surface area contributed by atoms with E-state index in [1.165, 1.54) is 6.92 Å². The van der Waals surface area contributed by atoms with Gasteiger partial charge in [-0.15, -0.1) is 0 Å². The molecule has 2 aromatic rings. The van der Waals surface area contributed by atoms with E-state index in [0.717, 1.165) is 16.5 Å². The predicted octanol–water partition coefficient (Wildman–Crippen LogP) is -1.42. The molecule has 13 nitrogen and oxygen atoms in total. The summed E-state index contributed by atoms with van der Waals surface area (Å²) < 4.78 is 0. The fourth-order valence-corrected chi connectivity index (χ4v) is 3.80. The number of fused-ring (bicyclic) bond motifs is 1. The number of nitrogens with one attached hydrogen (secondary N) is 4. The standard InChI is InChI=1S/C23H34N8O5S/c1-12(29-20(33)15(24)9-13-10-28-16-6-3-2-5-14(13)16)19(32)31-18(11-37)21(34)30-17(22(35)36)7-4-8-27-23(25)26/h2-3,5-6,10,12,15,17-18,28,37H,4,7-9,11,24H2,1H3,(H,29,33)(H,30,34)(H,31,32)(H,35,36)(H4,25,26,27). The lowest BCUT2D eigenvalue weighted by atomic mass is 10.0. The summed E-state index contributed by atoms with van der Waals surface area (Å²) in [6.07, 6.45) is 2.43. The molecule has 202 valence electrons. The van der Waals surface area contributed by atoms with Gasteiger partial charge in [0.25, 0.3) is 0 Å². The average molecular weight is 535 g/mol. The molecular weight excluding hydrogens is 500 g/mol. The maximum absolute atomic E-state index is 12.6. The van der Waals surface area contributed by atoms with E-state index in [9.17, 15) is 24.3 Å². The Morgan fingerprint density at radius 3 is 2.38 bits per heavy atom. The van der Waals surface area contributed by atoms with Gasteiger partial charge < -0.3 is 43.2 Å². The number of carboxylic acid groups (broad SMARTS) is 1. The Kier molecular flexibility index (Phi) is 11.2. The molecule has 1 aromatic carbocycles. The van der Waals surface area contributed by atoms with Crippen LogP contribution in [0, 0.1) is 0 Å². The highest BCUT2D eigenvalue weighted by molar-refractivity contribution is 7.80. The van der Waals surface area contributed by atoms with Gasteiger partial charge in [0.1, 0.15) is 18.1 Å². The number of nitrogens with zero attached hydrogens (tertiary/aromatic N) is 1. The zero-order valence-corrected chi connectivity index (χ0v) is 21.3. The van der Waals surface area contributed by atoms with Gasteiger partial charge in [0.05, 0.1) is 6.04 Å². The van der Waals surface area contributed by atoms with Gasteiger partial charge in [-0.1, -0.05) is 18.2 Å². The molecular formula is C23H34N8O5S. The lowest BCUT2D eigenvalue weighted by Crippen LogP contribution is -2.57. The van der Waals surface area contributed by atoms with Crippen LogP contribution < -0.4 is 33.2 Å². The van der Waals surface area contributed by atoms with Gasteiger partial charge in [0.2, 0.25) is 17.7 Å². The third kappa shape index (κ3) is 8.99. The van der Waals surface area contributed by atoms with Crippen molar-refractivity contribution in [3.8, 4) is 0 Å². The summed E-state index contributed by atoms with van der Waals surface area (Å²) in [5.74, 6) is -3.38. The van der Waals surface area contributed by atoms with Gasteiger partial charge in [0.15, 0.2) is 5.96 Å². The predicted molar refractivity (Wildman–Crippen MR) is 143 cm³/mol. The Balaban J connectivity index is 1.88. The molecule has 0 aliphatic carbocycles. The molecule has 3 amide bonds. The number of aromatic amines is 1. The van der Waals surface area contributed by atoms with Gasteiger partial charge in [-0.3, -0.25) is 19.4 Å². The molecule has 14 heteroatoms. The maximum Gasteiger partial charge on any atom is 0.326 e. The van der Waals surface area contributed by atoms with Crippen molar-refractivity contribution in [2.45, 2.75) is 50.4 Å². The highest BCUT2D eigenvalue weighted by Crippen LogP contribution is 2.18. The Hall–Kier alpha value is -3.78. The lowest BCUT2D eigenvalue weighted by Gasteiger charge is -2.22. The third-order valence-electron chi connectivity index (χ3n) is 5.58. The molecule has 0 bridgehead atoms. The van der Waals surface area contributed by atoms with Crippen molar-refractivity contribution < 1.29 is 24.3 Å². The van der Waals surface area contributed by atoms with Crippen LogP contribution in [0.2, 0.25) is 0 Å². The molecule has 37 heavy (non-hydrogen) atoms. The van der Waals surface area contributed by atoms with E-state index in [1.807, 2.05) is 24.3 Å². The zero-order chi connectivity index (χ0) is 27.5. The first-order valence-corrected chi connectivity index (χ1v) is 12.3.